The van der Waals surface area contributed by atoms with E-state index in [1.807, 2.05) is 9.30 Å². The van der Waals surface area contributed by atoms with E-state index in [4.69, 9.17) is 4.84 Å². The number of oxime groups is 1. The monoisotopic (exact) mass is 540 g/mol. The summed E-state index contributed by atoms with van der Waals surface area (Å²) < 4.78 is 61.1. The third-order valence-electron chi connectivity index (χ3n) is 5.09. The Morgan fingerprint density at radius 2 is 2.03 bits per heavy atom. The molecule has 37 heavy (non-hydrogen) atoms. The summed E-state index contributed by atoms with van der Waals surface area (Å²) in [4.78, 5) is 23.2. The van der Waals surface area contributed by atoms with Gasteiger partial charge in [0.25, 0.3) is 0 Å². The minimum Gasteiger partial charge on any atom is -0.394 e. The number of pyridine rings is 1. The number of benzene rings is 1. The number of amides is 2. The maximum Gasteiger partial charge on any atom is 0.405 e. The highest BCUT2D eigenvalue weighted by atomic mass is 32.2. The van der Waals surface area contributed by atoms with E-state index in [-0.39, 0.29) is 5.75 Å². The van der Waals surface area contributed by atoms with Crippen LogP contribution in [0.2, 0.25) is 0 Å². The van der Waals surface area contributed by atoms with Crippen molar-refractivity contribution in [2.75, 3.05) is 50.6 Å². The molecule has 14 heteroatoms. The van der Waals surface area contributed by atoms with Crippen molar-refractivity contribution >= 4 is 33.4 Å². The number of fused-ring (bicyclic) bond motifs is 1. The Labute approximate surface area is 212 Å². The highest BCUT2D eigenvalue weighted by molar-refractivity contribution is 7.90. The first-order valence-corrected chi connectivity index (χ1v) is 13.2. The summed E-state index contributed by atoms with van der Waals surface area (Å²) in [6, 6.07) is 9.30. The number of alkyl halides is 3. The zero-order valence-electron chi connectivity index (χ0n) is 20.2. The number of nitrogens with one attached hydrogen (secondary N) is 2. The first kappa shape index (κ1) is 27.9. The highest BCUT2D eigenvalue weighted by Gasteiger charge is 2.27. The maximum atomic E-state index is 12.3. The van der Waals surface area contributed by atoms with Crippen LogP contribution in [0.4, 0.5) is 23.7 Å². The van der Waals surface area contributed by atoms with E-state index < -0.39 is 28.6 Å². The molecular formula is C23H27F3N6O4S. The van der Waals surface area contributed by atoms with Crippen molar-refractivity contribution < 1.29 is 31.2 Å². The molecule has 0 bridgehead atoms. The molecule has 3 rings (SSSR count). The lowest BCUT2D eigenvalue weighted by atomic mass is 10.1. The van der Waals surface area contributed by atoms with Gasteiger partial charge >= 0.3 is 12.2 Å². The largest absolute Gasteiger partial charge is 0.405 e. The summed E-state index contributed by atoms with van der Waals surface area (Å²) in [5, 5.41) is 8.09. The number of hydrogen-bond acceptors (Lipinski definition) is 7. The molecule has 0 aliphatic heterocycles. The normalized spacial score (nSPS) is 12.4. The Hall–Kier alpha value is -3.65. The number of anilines is 1. The number of imidazole rings is 1. The number of urea groups is 1. The van der Waals surface area contributed by atoms with Crippen LogP contribution >= 0.6 is 0 Å². The molecule has 2 heterocycles. The average Bonchev–Trinajstić information content (AvgIpc) is 3.24. The maximum absolute atomic E-state index is 12.3. The van der Waals surface area contributed by atoms with Gasteiger partial charge in [0.05, 0.1) is 23.9 Å². The topological polar surface area (TPSA) is 117 Å². The van der Waals surface area contributed by atoms with E-state index in [0.717, 1.165) is 5.56 Å². The summed E-state index contributed by atoms with van der Waals surface area (Å²) in [5.74, 6) is 0.0805. The van der Waals surface area contributed by atoms with E-state index >= 15 is 0 Å². The van der Waals surface area contributed by atoms with Crippen molar-refractivity contribution in [2.24, 2.45) is 5.16 Å². The zero-order chi connectivity index (χ0) is 27.1. The van der Waals surface area contributed by atoms with E-state index in [2.05, 4.69) is 15.5 Å². The van der Waals surface area contributed by atoms with Crippen LogP contribution in [0.1, 0.15) is 5.56 Å². The first-order chi connectivity index (χ1) is 17.4. The highest BCUT2D eigenvalue weighted by Crippen LogP contribution is 2.24. The Morgan fingerprint density at radius 1 is 1.24 bits per heavy atom. The summed E-state index contributed by atoms with van der Waals surface area (Å²) in [7, 11) is -1.21. The van der Waals surface area contributed by atoms with Crippen molar-refractivity contribution in [3.8, 4) is 11.3 Å². The first-order valence-electron chi connectivity index (χ1n) is 11.1. The Kier molecular flexibility index (Phi) is 9.10. The molecule has 0 atom stereocenters. The predicted molar refractivity (Wildman–Crippen MR) is 134 cm³/mol. The fourth-order valence-corrected chi connectivity index (χ4v) is 3.83. The van der Waals surface area contributed by atoms with Crippen LogP contribution in [0.5, 0.6) is 0 Å². The lowest BCUT2D eigenvalue weighted by Crippen LogP contribution is -2.36. The van der Waals surface area contributed by atoms with Gasteiger partial charge < -0.3 is 20.4 Å². The average molecular weight is 541 g/mol. The van der Waals surface area contributed by atoms with E-state index in [1.54, 1.807) is 61.2 Å². The van der Waals surface area contributed by atoms with Crippen molar-refractivity contribution in [3.05, 3.63) is 54.4 Å². The van der Waals surface area contributed by atoms with Crippen molar-refractivity contribution in [2.45, 2.75) is 6.18 Å². The number of carbonyl (C=O) groups is 1. The minimum absolute atomic E-state index is 0.0805. The Balaban J connectivity index is 1.58. The van der Waals surface area contributed by atoms with Crippen molar-refractivity contribution in [1.29, 1.82) is 0 Å². The molecule has 200 valence electrons. The molecule has 2 aromatic heterocycles. The van der Waals surface area contributed by atoms with Crippen LogP contribution in [0, 0.1) is 0 Å². The van der Waals surface area contributed by atoms with Crippen LogP contribution in [0.15, 0.2) is 53.9 Å². The number of hydrogen-bond donors (Lipinski definition) is 2. The molecule has 1 aromatic carbocycles. The molecule has 2 N–H and O–H groups in total. The quantitative estimate of drug-likeness (QED) is 0.219. The SMILES string of the molecule is CN(CCO/N=C\c1ccn2c(-c3cccc(NC(=O)NCC(F)(F)F)c3)cnc2c1)CCS(C)(=O)=O. The van der Waals surface area contributed by atoms with Crippen LogP contribution in [0.25, 0.3) is 16.9 Å². The smallest absolute Gasteiger partial charge is 0.394 e. The van der Waals surface area contributed by atoms with Crippen LogP contribution < -0.4 is 10.6 Å². The fraction of sp³-hybridized carbons (Fsp3) is 0.348. The van der Waals surface area contributed by atoms with Crippen molar-refractivity contribution in [1.82, 2.24) is 19.6 Å². The molecule has 0 aliphatic rings. The summed E-state index contributed by atoms with van der Waals surface area (Å²) in [6.45, 7) is -0.196. The minimum atomic E-state index is -4.50. The van der Waals surface area contributed by atoms with Gasteiger partial charge in [0.15, 0.2) is 0 Å². The lowest BCUT2D eigenvalue weighted by Gasteiger charge is -2.14. The summed E-state index contributed by atoms with van der Waals surface area (Å²) in [5.41, 5.74) is 3.11. The van der Waals surface area contributed by atoms with Gasteiger partial charge in [-0.05, 0) is 31.3 Å². The van der Waals surface area contributed by atoms with Crippen LogP contribution in [-0.2, 0) is 14.7 Å². The van der Waals surface area contributed by atoms with Gasteiger partial charge in [0.2, 0.25) is 0 Å². The number of carbonyl (C=O) groups excluding carboxylic acids is 1. The number of rotatable bonds is 11. The summed E-state index contributed by atoms with van der Waals surface area (Å²) >= 11 is 0. The van der Waals surface area contributed by atoms with Crippen molar-refractivity contribution in [3.63, 3.8) is 0 Å². The number of aromatic nitrogens is 2. The second-order valence-electron chi connectivity index (χ2n) is 8.34. The van der Waals surface area contributed by atoms with Gasteiger partial charge in [-0.1, -0.05) is 17.3 Å². The van der Waals surface area contributed by atoms with E-state index in [9.17, 15) is 26.4 Å². The molecule has 0 aliphatic carbocycles. The Morgan fingerprint density at radius 3 is 2.76 bits per heavy atom. The molecule has 0 saturated heterocycles. The fourth-order valence-electron chi connectivity index (χ4n) is 3.18. The molecule has 2 amide bonds. The third kappa shape index (κ3) is 9.38. The Bertz CT molecular complexity index is 1360. The molecule has 0 fully saturated rings. The molecule has 0 spiro atoms. The summed E-state index contributed by atoms with van der Waals surface area (Å²) in [6.07, 6.45) is 1.66. The second-order valence-corrected chi connectivity index (χ2v) is 10.6. The van der Waals surface area contributed by atoms with E-state index in [1.165, 1.54) is 12.5 Å². The number of nitrogens with zero attached hydrogens (tertiary/aromatic N) is 4. The lowest BCUT2D eigenvalue weighted by molar-refractivity contribution is -0.122. The number of halogens is 3. The van der Waals surface area contributed by atoms with Gasteiger partial charge in [-0.15, -0.1) is 0 Å². The number of likely N-dealkylation sites (N-methyl/N-ethyl adjacent to an activating group) is 1. The van der Waals surface area contributed by atoms with Crippen LogP contribution in [0.3, 0.4) is 0 Å². The molecule has 0 saturated carbocycles. The predicted octanol–water partition coefficient (Wildman–Crippen LogP) is 3.01. The third-order valence-corrected chi connectivity index (χ3v) is 6.01. The molecule has 0 radical (unpaired) electrons. The standard InChI is InChI=1S/C23H27F3N6O4S/c1-31(9-11-37(2,34)35)8-10-36-29-14-17-6-7-32-20(15-27-21(32)12-17)18-4-3-5-19(13-18)30-22(33)28-16-23(24,25)26/h3-7,12-15H,8-11,16H2,1-2H3,(H2,28,30,33)/b29-14-. The number of sulfone groups is 1. The van der Waals surface area contributed by atoms with E-state index in [0.29, 0.717) is 42.3 Å². The zero-order valence-corrected chi connectivity index (χ0v) is 21.0. The van der Waals surface area contributed by atoms with Gasteiger partial charge in [0.1, 0.15) is 28.6 Å². The van der Waals surface area contributed by atoms with Crippen LogP contribution in [-0.4, -0.2) is 86.4 Å². The van der Waals surface area contributed by atoms with Gasteiger partial charge in [0, 0.05) is 42.4 Å². The van der Waals surface area contributed by atoms with Gasteiger partial charge in [-0.3, -0.25) is 4.40 Å². The molecule has 0 unspecified atom stereocenters. The molecular weight excluding hydrogens is 513 g/mol. The molecule has 10 nitrogen and oxygen atoms in total. The van der Waals surface area contributed by atoms with Gasteiger partial charge in [-0.25, -0.2) is 18.2 Å². The van der Waals surface area contributed by atoms with Gasteiger partial charge in [-0.2, -0.15) is 13.2 Å². The second kappa shape index (κ2) is 12.1. The molecule has 3 aromatic rings.